The SMILES string of the molecule is Cc1nc(-c2ccc(NC(=O)C3(c4ccc5c(c4)OCO5)CC3)cc2)cs1. The maximum Gasteiger partial charge on any atom is 0.235 e. The number of rotatable bonds is 4. The summed E-state index contributed by atoms with van der Waals surface area (Å²) < 4.78 is 10.8. The number of hydrogen-bond acceptors (Lipinski definition) is 5. The number of nitrogens with zero attached hydrogens (tertiary/aromatic N) is 1. The van der Waals surface area contributed by atoms with E-state index in [1.807, 2.05) is 54.8 Å². The maximum atomic E-state index is 13.0. The minimum atomic E-state index is -0.467. The summed E-state index contributed by atoms with van der Waals surface area (Å²) in [5.74, 6) is 1.48. The van der Waals surface area contributed by atoms with E-state index in [2.05, 4.69) is 10.3 Å². The molecule has 1 N–H and O–H groups in total. The number of carbonyl (C=O) groups excluding carboxylic acids is 1. The Bertz CT molecular complexity index is 1020. The van der Waals surface area contributed by atoms with Gasteiger partial charge in [-0.05, 0) is 49.6 Å². The van der Waals surface area contributed by atoms with Gasteiger partial charge in [0.25, 0.3) is 0 Å². The van der Waals surface area contributed by atoms with Gasteiger partial charge < -0.3 is 14.8 Å². The van der Waals surface area contributed by atoms with E-state index < -0.39 is 5.41 Å². The maximum absolute atomic E-state index is 13.0. The van der Waals surface area contributed by atoms with Gasteiger partial charge in [0.2, 0.25) is 12.7 Å². The van der Waals surface area contributed by atoms with Crippen molar-refractivity contribution < 1.29 is 14.3 Å². The summed E-state index contributed by atoms with van der Waals surface area (Å²) in [6.07, 6.45) is 1.68. The highest BCUT2D eigenvalue weighted by Crippen LogP contribution is 2.51. The van der Waals surface area contributed by atoms with E-state index in [0.29, 0.717) is 0 Å². The summed E-state index contributed by atoms with van der Waals surface area (Å²) in [5.41, 5.74) is 3.33. The lowest BCUT2D eigenvalue weighted by Crippen LogP contribution is -2.27. The number of amides is 1. The fourth-order valence-electron chi connectivity index (χ4n) is 3.44. The van der Waals surface area contributed by atoms with Gasteiger partial charge in [-0.3, -0.25) is 4.79 Å². The van der Waals surface area contributed by atoms with Crippen LogP contribution in [0.2, 0.25) is 0 Å². The average molecular weight is 378 g/mol. The predicted molar refractivity (Wildman–Crippen MR) is 104 cm³/mol. The first-order chi connectivity index (χ1) is 13.1. The zero-order valence-corrected chi connectivity index (χ0v) is 15.6. The summed E-state index contributed by atoms with van der Waals surface area (Å²) >= 11 is 1.63. The standard InChI is InChI=1S/C21H18N2O3S/c1-13-22-17(11-27-13)14-2-5-16(6-3-14)23-20(24)21(8-9-21)15-4-7-18-19(10-15)26-12-25-18/h2-7,10-11H,8-9,12H2,1H3,(H,23,24). The molecule has 27 heavy (non-hydrogen) atoms. The van der Waals surface area contributed by atoms with Gasteiger partial charge >= 0.3 is 0 Å². The largest absolute Gasteiger partial charge is 0.454 e. The van der Waals surface area contributed by atoms with Crippen LogP contribution >= 0.6 is 11.3 Å². The van der Waals surface area contributed by atoms with Crippen molar-refractivity contribution in [2.45, 2.75) is 25.2 Å². The highest BCUT2D eigenvalue weighted by molar-refractivity contribution is 7.09. The minimum Gasteiger partial charge on any atom is -0.454 e. The molecule has 1 fully saturated rings. The number of ether oxygens (including phenoxy) is 2. The molecule has 136 valence electrons. The van der Waals surface area contributed by atoms with Gasteiger partial charge in [-0.2, -0.15) is 0 Å². The van der Waals surface area contributed by atoms with Crippen LogP contribution in [0.15, 0.2) is 47.8 Å². The zero-order chi connectivity index (χ0) is 18.4. The molecule has 5 nitrogen and oxygen atoms in total. The molecule has 1 saturated carbocycles. The number of fused-ring (bicyclic) bond motifs is 1. The molecule has 1 aliphatic heterocycles. The zero-order valence-electron chi connectivity index (χ0n) is 14.8. The molecule has 5 rings (SSSR count). The van der Waals surface area contributed by atoms with Gasteiger partial charge in [0.05, 0.1) is 16.1 Å². The van der Waals surface area contributed by atoms with Crippen LogP contribution < -0.4 is 14.8 Å². The number of benzene rings is 2. The Morgan fingerprint density at radius 1 is 1.11 bits per heavy atom. The van der Waals surface area contributed by atoms with E-state index >= 15 is 0 Å². The number of hydrogen-bond donors (Lipinski definition) is 1. The average Bonchev–Trinajstić information content (AvgIpc) is 3.16. The van der Waals surface area contributed by atoms with E-state index in [1.165, 1.54) is 0 Å². The molecule has 2 heterocycles. The Morgan fingerprint density at radius 3 is 2.59 bits per heavy atom. The predicted octanol–water partition coefficient (Wildman–Crippen LogP) is 4.52. The van der Waals surface area contributed by atoms with E-state index in [0.717, 1.165) is 51.9 Å². The first-order valence-corrected chi connectivity index (χ1v) is 9.76. The van der Waals surface area contributed by atoms with E-state index in [9.17, 15) is 4.79 Å². The molecule has 3 aromatic rings. The lowest BCUT2D eigenvalue weighted by atomic mass is 9.94. The second-order valence-corrected chi connectivity index (χ2v) is 8.00. The summed E-state index contributed by atoms with van der Waals surface area (Å²) in [5, 5.41) is 6.15. The molecule has 0 radical (unpaired) electrons. The molecule has 1 aliphatic carbocycles. The van der Waals surface area contributed by atoms with Crippen LogP contribution in [0.5, 0.6) is 11.5 Å². The highest BCUT2D eigenvalue weighted by Gasteiger charge is 2.51. The summed E-state index contributed by atoms with van der Waals surface area (Å²) in [6.45, 7) is 2.23. The lowest BCUT2D eigenvalue weighted by molar-refractivity contribution is -0.118. The van der Waals surface area contributed by atoms with Crippen LogP contribution in [-0.2, 0) is 10.2 Å². The molecule has 0 spiro atoms. The van der Waals surface area contributed by atoms with Crippen molar-refractivity contribution in [3.63, 3.8) is 0 Å². The van der Waals surface area contributed by atoms with Gasteiger partial charge in [0.1, 0.15) is 0 Å². The number of nitrogens with one attached hydrogen (secondary N) is 1. The van der Waals surface area contributed by atoms with Crippen LogP contribution in [0.1, 0.15) is 23.4 Å². The van der Waals surface area contributed by atoms with Crippen molar-refractivity contribution in [1.82, 2.24) is 4.98 Å². The van der Waals surface area contributed by atoms with Crippen molar-refractivity contribution in [3.05, 3.63) is 58.4 Å². The molecule has 1 amide bonds. The first-order valence-electron chi connectivity index (χ1n) is 8.88. The number of aryl methyl sites for hydroxylation is 1. The molecule has 1 aromatic heterocycles. The molecular weight excluding hydrogens is 360 g/mol. The Kier molecular flexibility index (Phi) is 3.68. The first kappa shape index (κ1) is 16.3. The molecule has 2 aliphatic rings. The second kappa shape index (κ2) is 6.09. The van der Waals surface area contributed by atoms with Crippen LogP contribution in [-0.4, -0.2) is 17.7 Å². The third-order valence-corrected chi connectivity index (χ3v) is 5.94. The third-order valence-electron chi connectivity index (χ3n) is 5.17. The lowest BCUT2D eigenvalue weighted by Gasteiger charge is -2.16. The van der Waals surface area contributed by atoms with Crippen LogP contribution in [0, 0.1) is 6.92 Å². The highest BCUT2D eigenvalue weighted by atomic mass is 32.1. The fourth-order valence-corrected chi connectivity index (χ4v) is 4.06. The summed E-state index contributed by atoms with van der Waals surface area (Å²) in [7, 11) is 0. The number of aromatic nitrogens is 1. The number of anilines is 1. The van der Waals surface area contributed by atoms with Crippen molar-refractivity contribution >= 4 is 22.9 Å². The van der Waals surface area contributed by atoms with Gasteiger partial charge in [-0.1, -0.05) is 18.2 Å². The minimum absolute atomic E-state index is 0.0265. The monoisotopic (exact) mass is 378 g/mol. The number of carbonyl (C=O) groups is 1. The number of thiazole rings is 1. The van der Waals surface area contributed by atoms with Gasteiger partial charge in [-0.25, -0.2) is 4.98 Å². The normalized spacial score (nSPS) is 16.2. The Hall–Kier alpha value is -2.86. The molecule has 2 aromatic carbocycles. The van der Waals surface area contributed by atoms with Crippen molar-refractivity contribution in [2.75, 3.05) is 12.1 Å². The topological polar surface area (TPSA) is 60.5 Å². The van der Waals surface area contributed by atoms with Crippen LogP contribution in [0.4, 0.5) is 5.69 Å². The molecule has 0 bridgehead atoms. The summed E-state index contributed by atoms with van der Waals surface area (Å²) in [6, 6.07) is 13.6. The Balaban J connectivity index is 1.34. The van der Waals surface area contributed by atoms with Gasteiger partial charge in [0, 0.05) is 16.6 Å². The third kappa shape index (κ3) is 2.86. The Labute approximate surface area is 161 Å². The van der Waals surface area contributed by atoms with E-state index in [1.54, 1.807) is 11.3 Å². The van der Waals surface area contributed by atoms with E-state index in [4.69, 9.17) is 9.47 Å². The Morgan fingerprint density at radius 2 is 1.89 bits per heavy atom. The quantitative estimate of drug-likeness (QED) is 0.725. The second-order valence-electron chi connectivity index (χ2n) is 6.93. The molecular formula is C21H18N2O3S. The van der Waals surface area contributed by atoms with Gasteiger partial charge in [-0.15, -0.1) is 11.3 Å². The van der Waals surface area contributed by atoms with Crippen molar-refractivity contribution in [1.29, 1.82) is 0 Å². The van der Waals surface area contributed by atoms with Crippen molar-refractivity contribution in [2.24, 2.45) is 0 Å². The van der Waals surface area contributed by atoms with Crippen molar-refractivity contribution in [3.8, 4) is 22.8 Å². The fraction of sp³-hybridized carbons (Fsp3) is 0.238. The molecule has 0 unspecified atom stereocenters. The van der Waals surface area contributed by atoms with Crippen LogP contribution in [0.25, 0.3) is 11.3 Å². The smallest absolute Gasteiger partial charge is 0.235 e. The molecule has 0 saturated heterocycles. The molecule has 6 heteroatoms. The molecule has 0 atom stereocenters. The van der Waals surface area contributed by atoms with E-state index in [-0.39, 0.29) is 12.7 Å². The van der Waals surface area contributed by atoms with Crippen LogP contribution in [0.3, 0.4) is 0 Å². The summed E-state index contributed by atoms with van der Waals surface area (Å²) in [4.78, 5) is 17.5. The van der Waals surface area contributed by atoms with Gasteiger partial charge in [0.15, 0.2) is 11.5 Å².